The fourth-order valence-corrected chi connectivity index (χ4v) is 2.05. The molecular weight excluding hydrogens is 286 g/mol. The minimum absolute atomic E-state index is 0.0168. The number of halogens is 4. The van der Waals surface area contributed by atoms with Crippen molar-refractivity contribution < 1.29 is 13.9 Å². The van der Waals surface area contributed by atoms with Crippen LogP contribution in [0.25, 0.3) is 0 Å². The van der Waals surface area contributed by atoms with Crippen molar-refractivity contribution in [1.29, 1.82) is 0 Å². The number of alkyl halides is 2. The molecule has 1 rings (SSSR count). The first-order chi connectivity index (χ1) is 4.93. The first-order valence-corrected chi connectivity index (χ1v) is 4.33. The lowest BCUT2D eigenvalue weighted by molar-refractivity contribution is 0.113. The van der Waals surface area contributed by atoms with Crippen LogP contribution in [0.1, 0.15) is 0 Å². The molecule has 0 aromatic heterocycles. The Morgan fingerprint density at radius 3 is 2.64 bits per heavy atom. The quantitative estimate of drug-likeness (QED) is 0.680. The van der Waals surface area contributed by atoms with E-state index in [1.807, 2.05) is 0 Å². The van der Waals surface area contributed by atoms with Crippen molar-refractivity contribution >= 4 is 31.9 Å². The van der Waals surface area contributed by atoms with Gasteiger partial charge < -0.3 is 5.11 Å². The van der Waals surface area contributed by atoms with Crippen molar-refractivity contribution in [2.75, 3.05) is 0 Å². The Hall–Kier alpha value is 0.260. The Morgan fingerprint density at radius 1 is 1.64 bits per heavy atom. The van der Waals surface area contributed by atoms with E-state index in [1.54, 1.807) is 0 Å². The summed E-state index contributed by atoms with van der Waals surface area (Å²) in [6, 6.07) is 0. The monoisotopic (exact) mass is 288 g/mol. The number of hydrogen-bond donors (Lipinski definition) is 1. The lowest BCUT2D eigenvalue weighted by Crippen LogP contribution is -2.32. The molecule has 1 nitrogen and oxygen atoms in total. The molecule has 0 aromatic carbocycles. The zero-order valence-corrected chi connectivity index (χ0v) is 8.36. The first kappa shape index (κ1) is 9.35. The Bertz CT molecular complexity index is 235. The van der Waals surface area contributed by atoms with Crippen LogP contribution in [0.4, 0.5) is 8.78 Å². The van der Waals surface area contributed by atoms with Crippen LogP contribution in [0.5, 0.6) is 0 Å². The van der Waals surface area contributed by atoms with Gasteiger partial charge in [0.2, 0.25) is 0 Å². The normalized spacial score (nSPS) is 38.1. The molecule has 11 heavy (non-hydrogen) atoms. The van der Waals surface area contributed by atoms with E-state index < -0.39 is 16.5 Å². The molecule has 0 amide bonds. The molecule has 1 aliphatic rings. The summed E-state index contributed by atoms with van der Waals surface area (Å²) < 4.78 is 23.5. The van der Waals surface area contributed by atoms with Gasteiger partial charge in [0.1, 0.15) is 5.83 Å². The molecule has 0 aliphatic heterocycles. The number of allylic oxidation sites excluding steroid dienone is 2. The van der Waals surface area contributed by atoms with E-state index in [1.165, 1.54) is 0 Å². The van der Waals surface area contributed by atoms with Gasteiger partial charge in [-0.1, -0.05) is 15.9 Å². The Kier molecular flexibility index (Phi) is 2.51. The van der Waals surface area contributed by atoms with Gasteiger partial charge in [-0.15, -0.1) is 0 Å². The van der Waals surface area contributed by atoms with Crippen LogP contribution in [0.15, 0.2) is 22.5 Å². The van der Waals surface area contributed by atoms with Gasteiger partial charge in [-0.3, -0.25) is 0 Å². The third-order valence-corrected chi connectivity index (χ3v) is 2.48. The van der Waals surface area contributed by atoms with E-state index in [4.69, 9.17) is 5.11 Å². The summed E-state index contributed by atoms with van der Waals surface area (Å²) in [4.78, 5) is 0. The molecule has 2 atom stereocenters. The fraction of sp³-hybridized carbons (Fsp3) is 0.333. The molecule has 0 aromatic rings. The zero-order chi connectivity index (χ0) is 8.65. The molecule has 0 radical (unpaired) electrons. The third kappa shape index (κ3) is 1.89. The lowest BCUT2D eigenvalue weighted by Gasteiger charge is -2.24. The van der Waals surface area contributed by atoms with Crippen LogP contribution in [-0.4, -0.2) is 15.8 Å². The van der Waals surface area contributed by atoms with Gasteiger partial charge >= 0.3 is 0 Å². The minimum atomic E-state index is -1.93. The van der Waals surface area contributed by atoms with E-state index in [0.29, 0.717) is 0 Å². The number of rotatable bonds is 0. The van der Waals surface area contributed by atoms with Crippen molar-refractivity contribution in [3.63, 3.8) is 0 Å². The first-order valence-electron chi connectivity index (χ1n) is 2.74. The van der Waals surface area contributed by atoms with Crippen LogP contribution in [0, 0.1) is 0 Å². The molecule has 5 heteroatoms. The predicted octanol–water partition coefficient (Wildman–Crippen LogP) is 2.55. The Labute approximate surface area is 79.0 Å². The second-order valence-electron chi connectivity index (χ2n) is 2.15. The Balaban J connectivity index is 3.01. The molecule has 2 unspecified atom stereocenters. The minimum Gasteiger partial charge on any atom is -0.372 e. The van der Waals surface area contributed by atoms with Gasteiger partial charge in [-0.2, -0.15) is 0 Å². The van der Waals surface area contributed by atoms with Crippen LogP contribution < -0.4 is 0 Å². The van der Waals surface area contributed by atoms with Crippen molar-refractivity contribution in [2.24, 2.45) is 0 Å². The highest BCUT2D eigenvalue weighted by Gasteiger charge is 2.37. The highest BCUT2D eigenvalue weighted by Crippen LogP contribution is 2.37. The number of hydrogen-bond acceptors (Lipinski definition) is 1. The van der Waals surface area contributed by atoms with Gasteiger partial charge in [0, 0.05) is 4.48 Å². The highest BCUT2D eigenvalue weighted by molar-refractivity contribution is 9.12. The van der Waals surface area contributed by atoms with Crippen LogP contribution >= 0.6 is 31.9 Å². The summed E-state index contributed by atoms with van der Waals surface area (Å²) in [5.74, 6) is -0.676. The summed E-state index contributed by atoms with van der Waals surface area (Å²) in [6.07, 6.45) is 0.0741. The second kappa shape index (κ2) is 2.95. The predicted molar refractivity (Wildman–Crippen MR) is 45.0 cm³/mol. The van der Waals surface area contributed by atoms with Crippen molar-refractivity contribution in [3.8, 4) is 0 Å². The average Bonchev–Trinajstić information content (AvgIpc) is 1.81. The summed E-state index contributed by atoms with van der Waals surface area (Å²) in [7, 11) is 0. The maximum Gasteiger partial charge on any atom is 0.177 e. The molecule has 0 saturated carbocycles. The molecule has 1 N–H and O–H groups in total. The maximum atomic E-state index is 12.9. The highest BCUT2D eigenvalue weighted by atomic mass is 79.9. The standard InChI is InChI=1S/C6H4Br2F2O/c7-4-1-3(9)2-6(8,11)5(4)10/h1-2,5,11H. The smallest absolute Gasteiger partial charge is 0.177 e. The van der Waals surface area contributed by atoms with E-state index in [-0.39, 0.29) is 4.48 Å². The van der Waals surface area contributed by atoms with Gasteiger partial charge in [0.15, 0.2) is 10.7 Å². The molecule has 0 spiro atoms. The Morgan fingerprint density at radius 2 is 2.18 bits per heavy atom. The summed E-state index contributed by atoms with van der Waals surface area (Å²) in [6.45, 7) is 0. The van der Waals surface area contributed by atoms with Crippen molar-refractivity contribution in [3.05, 3.63) is 22.5 Å². The number of aliphatic hydroxyl groups is 1. The molecule has 0 fully saturated rings. The van der Waals surface area contributed by atoms with Crippen molar-refractivity contribution in [1.82, 2.24) is 0 Å². The molecule has 0 saturated heterocycles. The average molecular weight is 290 g/mol. The van der Waals surface area contributed by atoms with Gasteiger partial charge in [0.25, 0.3) is 0 Å². The molecule has 0 bridgehead atoms. The van der Waals surface area contributed by atoms with Gasteiger partial charge in [-0.25, -0.2) is 8.78 Å². The maximum absolute atomic E-state index is 12.9. The van der Waals surface area contributed by atoms with Gasteiger partial charge in [0.05, 0.1) is 0 Å². The van der Waals surface area contributed by atoms with Crippen LogP contribution in [0.2, 0.25) is 0 Å². The summed E-state index contributed by atoms with van der Waals surface area (Å²) in [5, 5.41) is 9.14. The topological polar surface area (TPSA) is 20.2 Å². The van der Waals surface area contributed by atoms with E-state index in [0.717, 1.165) is 12.2 Å². The molecule has 62 valence electrons. The third-order valence-electron chi connectivity index (χ3n) is 1.21. The molecule has 0 heterocycles. The molecular formula is C6H4Br2F2O. The molecule has 1 aliphatic carbocycles. The summed E-state index contributed by atoms with van der Waals surface area (Å²) in [5.41, 5.74) is 0. The largest absolute Gasteiger partial charge is 0.372 e. The van der Waals surface area contributed by atoms with Crippen molar-refractivity contribution in [2.45, 2.75) is 10.7 Å². The zero-order valence-electron chi connectivity index (χ0n) is 5.19. The van der Waals surface area contributed by atoms with Crippen LogP contribution in [0.3, 0.4) is 0 Å². The van der Waals surface area contributed by atoms with Crippen LogP contribution in [-0.2, 0) is 0 Å². The van der Waals surface area contributed by atoms with E-state index >= 15 is 0 Å². The lowest BCUT2D eigenvalue weighted by atomic mass is 10.1. The summed E-state index contributed by atoms with van der Waals surface area (Å²) >= 11 is 5.42. The fourth-order valence-electron chi connectivity index (χ4n) is 0.707. The van der Waals surface area contributed by atoms with Gasteiger partial charge in [-0.05, 0) is 28.1 Å². The van der Waals surface area contributed by atoms with E-state index in [2.05, 4.69) is 31.9 Å². The van der Waals surface area contributed by atoms with E-state index in [9.17, 15) is 8.78 Å². The SMILES string of the molecule is OC1(Br)C=C(F)C=C(Br)C1F. The second-order valence-corrected chi connectivity index (χ2v) is 4.33.